The first kappa shape index (κ1) is 19.4. The lowest BCUT2D eigenvalue weighted by Crippen LogP contribution is -2.47. The first-order chi connectivity index (χ1) is 15.0. The molecule has 0 saturated carbocycles. The van der Waals surface area contributed by atoms with Gasteiger partial charge in [-0.2, -0.15) is 5.10 Å². The van der Waals surface area contributed by atoms with Crippen molar-refractivity contribution in [2.75, 3.05) is 11.9 Å². The zero-order valence-corrected chi connectivity index (χ0v) is 17.0. The number of anilines is 1. The number of aryl methyl sites for hydroxylation is 2. The van der Waals surface area contributed by atoms with Crippen molar-refractivity contribution in [3.63, 3.8) is 0 Å². The van der Waals surface area contributed by atoms with Gasteiger partial charge in [0.05, 0.1) is 12.2 Å². The minimum absolute atomic E-state index is 0.00400. The third-order valence-electron chi connectivity index (χ3n) is 5.94. The van der Waals surface area contributed by atoms with Gasteiger partial charge in [0.15, 0.2) is 0 Å². The summed E-state index contributed by atoms with van der Waals surface area (Å²) >= 11 is 0. The highest BCUT2D eigenvalue weighted by molar-refractivity contribution is 6.00. The van der Waals surface area contributed by atoms with E-state index in [1.54, 1.807) is 46.9 Å². The summed E-state index contributed by atoms with van der Waals surface area (Å²) in [5.74, 6) is 0.294. The van der Waals surface area contributed by atoms with Gasteiger partial charge in [-0.05, 0) is 25.3 Å². The number of halogens is 1. The molecule has 2 amide bonds. The monoisotopic (exact) mass is 423 g/mol. The van der Waals surface area contributed by atoms with E-state index in [2.05, 4.69) is 20.5 Å². The lowest BCUT2D eigenvalue weighted by atomic mass is 9.97. The topological polar surface area (TPSA) is 97.9 Å². The number of carbonyl (C=O) groups excluding carboxylic acids is 2. The maximum atomic E-state index is 14.4. The van der Waals surface area contributed by atoms with E-state index in [0.29, 0.717) is 36.6 Å². The molecular formula is C21H22FN7O2. The summed E-state index contributed by atoms with van der Waals surface area (Å²) in [6.07, 6.45) is 4.27. The summed E-state index contributed by atoms with van der Waals surface area (Å²) in [5, 5.41) is 11.4. The maximum absolute atomic E-state index is 14.4. The number of rotatable bonds is 3. The van der Waals surface area contributed by atoms with Gasteiger partial charge >= 0.3 is 0 Å². The van der Waals surface area contributed by atoms with Crippen LogP contribution in [-0.4, -0.2) is 49.4 Å². The number of carbonyl (C=O) groups is 2. The molecule has 1 N–H and O–H groups in total. The van der Waals surface area contributed by atoms with Gasteiger partial charge in [0.2, 0.25) is 5.82 Å². The van der Waals surface area contributed by atoms with Crippen LogP contribution in [0.1, 0.15) is 47.3 Å². The Morgan fingerprint density at radius 1 is 1.23 bits per heavy atom. The number of hydrogen-bond acceptors (Lipinski definition) is 5. The number of nitrogens with one attached hydrogen (secondary N) is 1. The molecule has 2 aliphatic rings. The van der Waals surface area contributed by atoms with E-state index in [1.807, 2.05) is 0 Å². The number of nitrogens with zero attached hydrogens (tertiary/aromatic N) is 6. The van der Waals surface area contributed by atoms with Crippen LogP contribution in [0, 0.1) is 5.82 Å². The second-order valence-corrected chi connectivity index (χ2v) is 7.85. The van der Waals surface area contributed by atoms with Gasteiger partial charge in [-0.3, -0.25) is 14.5 Å². The fourth-order valence-electron chi connectivity index (χ4n) is 4.34. The highest BCUT2D eigenvalue weighted by Crippen LogP contribution is 2.31. The molecule has 31 heavy (non-hydrogen) atoms. The molecule has 10 heteroatoms. The minimum Gasteiger partial charge on any atom is -0.337 e. The highest BCUT2D eigenvalue weighted by atomic mass is 19.1. The maximum Gasteiger partial charge on any atom is 0.291 e. The molecular weight excluding hydrogens is 401 g/mol. The number of benzene rings is 1. The zero-order valence-electron chi connectivity index (χ0n) is 17.0. The fourth-order valence-corrected chi connectivity index (χ4v) is 4.34. The molecule has 3 aromatic rings. The first-order valence-electron chi connectivity index (χ1n) is 10.3. The lowest BCUT2D eigenvalue weighted by molar-refractivity contribution is -0.120. The van der Waals surface area contributed by atoms with Gasteiger partial charge in [-0.25, -0.2) is 18.7 Å². The number of hydrogen-bond donors (Lipinski definition) is 1. The van der Waals surface area contributed by atoms with E-state index in [4.69, 9.17) is 0 Å². The Bertz CT molecular complexity index is 1150. The predicted molar refractivity (Wildman–Crippen MR) is 109 cm³/mol. The molecule has 0 spiro atoms. The van der Waals surface area contributed by atoms with Crippen LogP contribution in [0.25, 0.3) is 0 Å². The van der Waals surface area contributed by atoms with Crippen LogP contribution in [0.4, 0.5) is 10.2 Å². The normalized spacial score (nSPS) is 20.7. The smallest absolute Gasteiger partial charge is 0.291 e. The number of likely N-dealkylation sites (N-methyl/N-ethyl adjacent to an activating group) is 1. The van der Waals surface area contributed by atoms with Crippen LogP contribution < -0.4 is 10.2 Å². The Morgan fingerprint density at radius 3 is 2.90 bits per heavy atom. The zero-order chi connectivity index (χ0) is 21.5. The van der Waals surface area contributed by atoms with Crippen molar-refractivity contribution in [1.29, 1.82) is 0 Å². The molecule has 0 saturated heterocycles. The van der Waals surface area contributed by atoms with Crippen molar-refractivity contribution in [1.82, 2.24) is 29.9 Å². The summed E-state index contributed by atoms with van der Waals surface area (Å²) < 4.78 is 17.7. The van der Waals surface area contributed by atoms with Crippen molar-refractivity contribution < 1.29 is 14.0 Å². The lowest BCUT2D eigenvalue weighted by Gasteiger charge is -2.24. The molecule has 160 valence electrons. The Hall–Kier alpha value is -3.56. The quantitative estimate of drug-likeness (QED) is 0.692. The predicted octanol–water partition coefficient (Wildman–Crippen LogP) is 1.70. The van der Waals surface area contributed by atoms with Crippen LogP contribution >= 0.6 is 0 Å². The van der Waals surface area contributed by atoms with Crippen molar-refractivity contribution in [3.8, 4) is 0 Å². The molecule has 0 radical (unpaired) electrons. The van der Waals surface area contributed by atoms with Gasteiger partial charge < -0.3 is 5.32 Å². The van der Waals surface area contributed by atoms with Gasteiger partial charge in [0.1, 0.15) is 23.5 Å². The van der Waals surface area contributed by atoms with Crippen LogP contribution in [0.15, 0.2) is 36.5 Å². The average molecular weight is 423 g/mol. The number of amides is 2. The van der Waals surface area contributed by atoms with E-state index in [1.165, 1.54) is 11.0 Å². The standard InChI is InChI=1S/C21H22FN7O2/c1-27-18-9-11-23-28(18)12-10-15(21(27)31)24-20(30)19-25-17-8-4-7-16(29(17)26-19)13-5-2-3-6-14(13)22/h2-3,5-6,9,11,15-16H,4,7-8,10,12H2,1H3,(H,24,30). The van der Waals surface area contributed by atoms with E-state index in [0.717, 1.165) is 12.8 Å². The molecule has 4 heterocycles. The third-order valence-corrected chi connectivity index (χ3v) is 5.94. The minimum atomic E-state index is -0.706. The summed E-state index contributed by atoms with van der Waals surface area (Å²) in [6, 6.07) is 7.35. The van der Waals surface area contributed by atoms with Crippen LogP contribution in [0.5, 0.6) is 0 Å². The second-order valence-electron chi connectivity index (χ2n) is 7.85. The number of aromatic nitrogens is 5. The molecule has 2 aliphatic heterocycles. The molecule has 2 aromatic heterocycles. The largest absolute Gasteiger partial charge is 0.337 e. The Labute approximate surface area is 177 Å². The van der Waals surface area contributed by atoms with Gasteiger partial charge in [-0.15, -0.1) is 5.10 Å². The van der Waals surface area contributed by atoms with E-state index >= 15 is 0 Å². The van der Waals surface area contributed by atoms with Crippen LogP contribution in [0.2, 0.25) is 0 Å². The summed E-state index contributed by atoms with van der Waals surface area (Å²) in [7, 11) is 1.66. The van der Waals surface area contributed by atoms with Gasteiger partial charge in [0.25, 0.3) is 11.8 Å². The molecule has 0 bridgehead atoms. The van der Waals surface area contributed by atoms with Crippen molar-refractivity contribution in [2.24, 2.45) is 0 Å². The average Bonchev–Trinajstić information content (AvgIpc) is 3.40. The second kappa shape index (κ2) is 7.60. The van der Waals surface area contributed by atoms with Crippen LogP contribution in [0.3, 0.4) is 0 Å². The van der Waals surface area contributed by atoms with Gasteiger partial charge in [0, 0.05) is 31.6 Å². The Balaban J connectivity index is 1.37. The molecule has 9 nitrogen and oxygen atoms in total. The van der Waals surface area contributed by atoms with Crippen LogP contribution in [-0.2, 0) is 17.8 Å². The molecule has 0 aliphatic carbocycles. The molecule has 5 rings (SSSR count). The number of fused-ring (bicyclic) bond motifs is 2. The van der Waals surface area contributed by atoms with E-state index in [9.17, 15) is 14.0 Å². The third kappa shape index (κ3) is 3.37. The fraction of sp³-hybridized carbons (Fsp3) is 0.381. The van der Waals surface area contributed by atoms with Gasteiger partial charge in [-0.1, -0.05) is 18.2 Å². The van der Waals surface area contributed by atoms with Crippen molar-refractivity contribution in [3.05, 3.63) is 59.6 Å². The SMILES string of the molecule is CN1C(=O)C(NC(=O)c2nc3n(n2)C(c2ccccc2F)CCC3)CCn2nccc21. The van der Waals surface area contributed by atoms with Crippen molar-refractivity contribution >= 4 is 17.6 Å². The molecule has 0 fully saturated rings. The first-order valence-corrected chi connectivity index (χ1v) is 10.3. The summed E-state index contributed by atoms with van der Waals surface area (Å²) in [6.45, 7) is 0.506. The van der Waals surface area contributed by atoms with Crippen molar-refractivity contribution in [2.45, 2.75) is 44.3 Å². The van der Waals surface area contributed by atoms with E-state index < -0.39 is 11.9 Å². The molecule has 2 atom stereocenters. The highest BCUT2D eigenvalue weighted by Gasteiger charge is 2.32. The summed E-state index contributed by atoms with van der Waals surface area (Å²) in [5.41, 5.74) is 0.537. The Morgan fingerprint density at radius 2 is 2.06 bits per heavy atom. The molecule has 2 unspecified atom stereocenters. The van der Waals surface area contributed by atoms with E-state index in [-0.39, 0.29) is 23.6 Å². The Kier molecular flexibility index (Phi) is 4.76. The molecule has 1 aromatic carbocycles. The summed E-state index contributed by atoms with van der Waals surface area (Å²) in [4.78, 5) is 31.6.